The maximum Gasteiger partial charge on any atom is 0.339 e. The molecule has 0 radical (unpaired) electrons. The highest BCUT2D eigenvalue weighted by Gasteiger charge is 2.23. The Kier molecular flexibility index (Phi) is 3.65. The second kappa shape index (κ2) is 4.80. The van der Waals surface area contributed by atoms with E-state index in [-0.39, 0.29) is 5.56 Å². The molecule has 0 heterocycles. The van der Waals surface area contributed by atoms with E-state index in [1.807, 2.05) is 0 Å². The lowest BCUT2D eigenvalue weighted by atomic mass is 10.2. The number of hydrogen-bond acceptors (Lipinski definition) is 5. The second-order valence-corrected chi connectivity index (χ2v) is 4.50. The normalized spacial score (nSPS) is 10.4. The van der Waals surface area contributed by atoms with E-state index < -0.39 is 26.7 Å². The molecule has 8 heteroatoms. The van der Waals surface area contributed by atoms with Gasteiger partial charge in [-0.25, -0.2) is 22.3 Å². The SMILES string of the molecule is COC(=O)c1ccc(F)cc1S(=O)(=O)NC#N. The summed E-state index contributed by atoms with van der Waals surface area (Å²) in [5, 5.41) is 8.27. The fraction of sp³-hybridized carbons (Fsp3) is 0.111. The number of esters is 1. The van der Waals surface area contributed by atoms with Gasteiger partial charge in [0.15, 0.2) is 6.19 Å². The first kappa shape index (κ1) is 12.9. The van der Waals surface area contributed by atoms with Crippen molar-refractivity contribution in [3.8, 4) is 6.19 Å². The van der Waals surface area contributed by atoms with E-state index in [1.165, 1.54) is 10.9 Å². The minimum atomic E-state index is -4.27. The first-order valence-electron chi connectivity index (χ1n) is 4.21. The Hall–Kier alpha value is -2.14. The molecule has 0 aliphatic heterocycles. The van der Waals surface area contributed by atoms with Gasteiger partial charge in [-0.15, -0.1) is 0 Å². The fourth-order valence-electron chi connectivity index (χ4n) is 1.11. The summed E-state index contributed by atoms with van der Waals surface area (Å²) in [5.74, 6) is -1.79. The van der Waals surface area contributed by atoms with Gasteiger partial charge in [-0.3, -0.25) is 0 Å². The van der Waals surface area contributed by atoms with Gasteiger partial charge in [0.05, 0.1) is 12.7 Å². The van der Waals surface area contributed by atoms with Gasteiger partial charge in [-0.2, -0.15) is 5.26 Å². The van der Waals surface area contributed by atoms with Crippen molar-refractivity contribution in [2.45, 2.75) is 4.90 Å². The predicted octanol–water partition coefficient (Wildman–Crippen LogP) is 0.372. The van der Waals surface area contributed by atoms with Gasteiger partial charge in [0.2, 0.25) is 0 Å². The van der Waals surface area contributed by atoms with Crippen LogP contribution in [0.15, 0.2) is 23.1 Å². The maximum absolute atomic E-state index is 13.0. The Balaban J connectivity index is 3.46. The Morgan fingerprint density at radius 2 is 2.18 bits per heavy atom. The highest BCUT2D eigenvalue weighted by molar-refractivity contribution is 7.89. The molecular formula is C9H7FN2O4S. The molecule has 1 rings (SSSR count). The molecule has 1 aromatic rings. The van der Waals surface area contributed by atoms with Crippen molar-refractivity contribution < 1.29 is 22.3 Å². The molecule has 0 spiro atoms. The van der Waals surface area contributed by atoms with Crippen LogP contribution in [0.25, 0.3) is 0 Å². The smallest absolute Gasteiger partial charge is 0.339 e. The second-order valence-electron chi connectivity index (χ2n) is 2.85. The van der Waals surface area contributed by atoms with Crippen LogP contribution in [0.1, 0.15) is 10.4 Å². The summed E-state index contributed by atoms with van der Waals surface area (Å²) < 4.78 is 41.8. The van der Waals surface area contributed by atoms with Gasteiger partial charge in [0.1, 0.15) is 10.7 Å². The van der Waals surface area contributed by atoms with Gasteiger partial charge >= 0.3 is 5.97 Å². The van der Waals surface area contributed by atoms with Crippen LogP contribution in [0.2, 0.25) is 0 Å². The number of carbonyl (C=O) groups excluding carboxylic acids is 1. The number of methoxy groups -OCH3 is 1. The molecule has 0 fully saturated rings. The van der Waals surface area contributed by atoms with Crippen LogP contribution in [0, 0.1) is 17.3 Å². The molecule has 0 bridgehead atoms. The Morgan fingerprint density at radius 3 is 2.71 bits per heavy atom. The van der Waals surface area contributed by atoms with E-state index in [0.29, 0.717) is 6.07 Å². The summed E-state index contributed by atoms with van der Waals surface area (Å²) in [6.45, 7) is 0. The minimum Gasteiger partial charge on any atom is -0.465 e. The standard InChI is InChI=1S/C9H7FN2O4S/c1-16-9(13)7-3-2-6(10)4-8(7)17(14,15)12-5-11/h2-4,12H,1H3. The van der Waals surface area contributed by atoms with Crippen molar-refractivity contribution in [3.05, 3.63) is 29.6 Å². The monoisotopic (exact) mass is 258 g/mol. The quantitative estimate of drug-likeness (QED) is 0.480. The van der Waals surface area contributed by atoms with E-state index in [0.717, 1.165) is 19.2 Å². The predicted molar refractivity (Wildman–Crippen MR) is 53.7 cm³/mol. The third kappa shape index (κ3) is 2.70. The van der Waals surface area contributed by atoms with Crippen molar-refractivity contribution in [1.82, 2.24) is 4.72 Å². The molecule has 1 aromatic carbocycles. The first-order chi connectivity index (χ1) is 7.92. The number of sulfonamides is 1. The van der Waals surface area contributed by atoms with Crippen LogP contribution in [-0.2, 0) is 14.8 Å². The number of ether oxygens (including phenoxy) is 1. The average molecular weight is 258 g/mol. The highest BCUT2D eigenvalue weighted by atomic mass is 32.2. The Bertz CT molecular complexity index is 592. The first-order valence-corrected chi connectivity index (χ1v) is 5.69. The Labute approximate surface area is 96.7 Å². The number of nitrogens with zero attached hydrogens (tertiary/aromatic N) is 1. The van der Waals surface area contributed by atoms with Crippen LogP contribution >= 0.6 is 0 Å². The van der Waals surface area contributed by atoms with Crippen LogP contribution in [0.3, 0.4) is 0 Å². The molecule has 0 saturated carbocycles. The van der Waals surface area contributed by atoms with Crippen LogP contribution in [-0.4, -0.2) is 21.5 Å². The van der Waals surface area contributed by atoms with Crippen LogP contribution in [0.5, 0.6) is 0 Å². The van der Waals surface area contributed by atoms with Gasteiger partial charge in [0, 0.05) is 0 Å². The van der Waals surface area contributed by atoms with E-state index >= 15 is 0 Å². The summed E-state index contributed by atoms with van der Waals surface area (Å²) in [6.07, 6.45) is 1.20. The summed E-state index contributed by atoms with van der Waals surface area (Å²) >= 11 is 0. The lowest BCUT2D eigenvalue weighted by Gasteiger charge is -2.07. The summed E-state index contributed by atoms with van der Waals surface area (Å²) in [4.78, 5) is 10.6. The zero-order valence-corrected chi connectivity index (χ0v) is 9.41. The number of carbonyl (C=O) groups is 1. The van der Waals surface area contributed by atoms with E-state index in [2.05, 4.69) is 4.74 Å². The molecule has 1 N–H and O–H groups in total. The summed E-state index contributed by atoms with van der Waals surface area (Å²) in [6, 6.07) is 2.51. The maximum atomic E-state index is 13.0. The molecule has 17 heavy (non-hydrogen) atoms. The zero-order valence-electron chi connectivity index (χ0n) is 8.60. The van der Waals surface area contributed by atoms with Crippen molar-refractivity contribution in [2.75, 3.05) is 7.11 Å². The molecule has 0 saturated heterocycles. The Morgan fingerprint density at radius 1 is 1.53 bits per heavy atom. The van der Waals surface area contributed by atoms with E-state index in [1.54, 1.807) is 0 Å². The van der Waals surface area contributed by atoms with E-state index in [9.17, 15) is 17.6 Å². The van der Waals surface area contributed by atoms with Crippen LogP contribution < -0.4 is 4.72 Å². The summed E-state index contributed by atoms with van der Waals surface area (Å²) in [5.41, 5.74) is -0.350. The molecule has 0 amide bonds. The van der Waals surface area contributed by atoms with Crippen LogP contribution in [0.4, 0.5) is 4.39 Å². The number of rotatable bonds is 3. The van der Waals surface area contributed by atoms with Crippen molar-refractivity contribution >= 4 is 16.0 Å². The number of halogens is 1. The molecule has 6 nitrogen and oxygen atoms in total. The molecule has 90 valence electrons. The van der Waals surface area contributed by atoms with Crippen molar-refractivity contribution in [3.63, 3.8) is 0 Å². The molecule has 0 aliphatic carbocycles. The molecule has 0 unspecified atom stereocenters. The van der Waals surface area contributed by atoms with Gasteiger partial charge in [-0.05, 0) is 18.2 Å². The molecule has 0 aromatic heterocycles. The lowest BCUT2D eigenvalue weighted by molar-refractivity contribution is 0.0596. The topological polar surface area (TPSA) is 96.3 Å². The third-order valence-electron chi connectivity index (χ3n) is 1.82. The number of benzene rings is 1. The van der Waals surface area contributed by atoms with Gasteiger partial charge < -0.3 is 4.74 Å². The van der Waals surface area contributed by atoms with Gasteiger partial charge in [-0.1, -0.05) is 0 Å². The van der Waals surface area contributed by atoms with Crippen molar-refractivity contribution in [2.24, 2.45) is 0 Å². The minimum absolute atomic E-state index is 0.350. The number of hydrogen-bond donors (Lipinski definition) is 1. The van der Waals surface area contributed by atoms with Crippen molar-refractivity contribution in [1.29, 1.82) is 5.26 Å². The number of nitriles is 1. The van der Waals surface area contributed by atoms with E-state index in [4.69, 9.17) is 5.26 Å². The molecular weight excluding hydrogens is 251 g/mol. The van der Waals surface area contributed by atoms with Gasteiger partial charge in [0.25, 0.3) is 10.0 Å². The fourth-order valence-corrected chi connectivity index (χ4v) is 2.05. The third-order valence-corrected chi connectivity index (χ3v) is 3.10. The zero-order chi connectivity index (χ0) is 13.1. The number of nitrogens with one attached hydrogen (secondary N) is 1. The lowest BCUT2D eigenvalue weighted by Crippen LogP contribution is -2.21. The highest BCUT2D eigenvalue weighted by Crippen LogP contribution is 2.17. The largest absolute Gasteiger partial charge is 0.465 e. The molecule has 0 aliphatic rings. The molecule has 0 atom stereocenters. The summed E-state index contributed by atoms with van der Waals surface area (Å²) in [7, 11) is -3.22. The average Bonchev–Trinajstić information content (AvgIpc) is 2.28.